The van der Waals surface area contributed by atoms with Gasteiger partial charge in [0, 0.05) is 32.0 Å². The average Bonchev–Trinajstić information content (AvgIpc) is 2.54. The van der Waals surface area contributed by atoms with Crippen LogP contribution in [0.3, 0.4) is 0 Å². The van der Waals surface area contributed by atoms with E-state index in [-0.39, 0.29) is 17.9 Å². The number of methoxy groups -OCH3 is 1. The predicted octanol–water partition coefficient (Wildman–Crippen LogP) is 1.54. The molecule has 2 atom stereocenters. The van der Waals surface area contributed by atoms with Crippen LogP contribution in [0.15, 0.2) is 18.3 Å². The van der Waals surface area contributed by atoms with Crippen LogP contribution >= 0.6 is 0 Å². The third-order valence-corrected chi connectivity index (χ3v) is 3.77. The van der Waals surface area contributed by atoms with Gasteiger partial charge in [0.2, 0.25) is 11.8 Å². The van der Waals surface area contributed by atoms with Crippen molar-refractivity contribution in [3.05, 3.63) is 23.9 Å². The van der Waals surface area contributed by atoms with Crippen LogP contribution in [0.1, 0.15) is 25.3 Å². The Morgan fingerprint density at radius 3 is 3.14 bits per heavy atom. The molecule has 6 heteroatoms. The Bertz CT molecular complexity index is 481. The van der Waals surface area contributed by atoms with Crippen LogP contribution in [-0.4, -0.2) is 43.9 Å². The molecule has 0 bridgehead atoms. The second-order valence-electron chi connectivity index (χ2n) is 5.35. The second kappa shape index (κ2) is 8.70. The summed E-state index contributed by atoms with van der Waals surface area (Å²) in [5.74, 6) is 0.481. The fourth-order valence-corrected chi connectivity index (χ4v) is 2.49. The summed E-state index contributed by atoms with van der Waals surface area (Å²) in [7, 11) is 1.62. The van der Waals surface area contributed by atoms with Crippen LogP contribution in [0.5, 0.6) is 5.88 Å². The molecule has 1 amide bonds. The number of carbonyl (C=O) groups is 1. The molecule has 1 aromatic rings. The highest BCUT2D eigenvalue weighted by Gasteiger charge is 2.28. The molecule has 122 valence electrons. The first kappa shape index (κ1) is 16.7. The van der Waals surface area contributed by atoms with Crippen LogP contribution in [-0.2, 0) is 20.8 Å². The minimum absolute atomic E-state index is 0.0268. The van der Waals surface area contributed by atoms with E-state index in [2.05, 4.69) is 10.3 Å². The highest BCUT2D eigenvalue weighted by Crippen LogP contribution is 2.21. The van der Waals surface area contributed by atoms with Gasteiger partial charge in [-0.2, -0.15) is 0 Å². The van der Waals surface area contributed by atoms with E-state index < -0.39 is 0 Å². The number of amides is 1. The molecule has 6 nitrogen and oxygen atoms in total. The van der Waals surface area contributed by atoms with E-state index in [0.717, 1.165) is 25.0 Å². The summed E-state index contributed by atoms with van der Waals surface area (Å²) >= 11 is 0. The number of pyridine rings is 1. The molecule has 1 aliphatic rings. The van der Waals surface area contributed by atoms with Gasteiger partial charge in [-0.25, -0.2) is 4.98 Å². The predicted molar refractivity (Wildman–Crippen MR) is 81.6 cm³/mol. The zero-order chi connectivity index (χ0) is 15.8. The number of carbonyl (C=O) groups excluding carboxylic acids is 1. The van der Waals surface area contributed by atoms with Gasteiger partial charge < -0.3 is 19.5 Å². The van der Waals surface area contributed by atoms with Crippen LogP contribution in [0.2, 0.25) is 0 Å². The topological polar surface area (TPSA) is 69.7 Å². The number of rotatable bonds is 7. The van der Waals surface area contributed by atoms with E-state index in [1.54, 1.807) is 13.3 Å². The lowest BCUT2D eigenvalue weighted by molar-refractivity contribution is -0.133. The van der Waals surface area contributed by atoms with Gasteiger partial charge in [-0.3, -0.25) is 4.79 Å². The molecule has 0 unspecified atom stereocenters. The van der Waals surface area contributed by atoms with E-state index in [9.17, 15) is 4.79 Å². The van der Waals surface area contributed by atoms with Crippen LogP contribution < -0.4 is 10.1 Å². The molecular weight excluding hydrogens is 284 g/mol. The van der Waals surface area contributed by atoms with Crippen molar-refractivity contribution >= 4 is 5.91 Å². The lowest BCUT2D eigenvalue weighted by atomic mass is 9.94. The highest BCUT2D eigenvalue weighted by atomic mass is 16.5. The molecule has 0 spiro atoms. The summed E-state index contributed by atoms with van der Waals surface area (Å²) in [5.41, 5.74) is 0.858. The van der Waals surface area contributed by atoms with Crippen molar-refractivity contribution in [1.82, 2.24) is 10.3 Å². The summed E-state index contributed by atoms with van der Waals surface area (Å²) in [6.07, 6.45) is 3.45. The maximum Gasteiger partial charge on any atom is 0.225 e. The first-order valence-corrected chi connectivity index (χ1v) is 7.67. The fraction of sp³-hybridized carbons (Fsp3) is 0.625. The number of ether oxygens (including phenoxy) is 3. The second-order valence-corrected chi connectivity index (χ2v) is 5.35. The van der Waals surface area contributed by atoms with Crippen molar-refractivity contribution in [2.75, 3.05) is 26.9 Å². The Labute approximate surface area is 131 Å². The molecule has 22 heavy (non-hydrogen) atoms. The smallest absolute Gasteiger partial charge is 0.225 e. The Morgan fingerprint density at radius 1 is 1.50 bits per heavy atom. The number of nitrogens with one attached hydrogen (secondary N) is 1. The number of aromatic nitrogens is 1. The zero-order valence-electron chi connectivity index (χ0n) is 13.2. The quantitative estimate of drug-likeness (QED) is 0.774. The molecular formula is C16H24N2O4. The van der Waals surface area contributed by atoms with Crippen LogP contribution in [0.4, 0.5) is 0 Å². The molecule has 1 aromatic heterocycles. The van der Waals surface area contributed by atoms with Crippen LogP contribution in [0, 0.1) is 5.92 Å². The minimum Gasteiger partial charge on any atom is -0.475 e. The van der Waals surface area contributed by atoms with Gasteiger partial charge in [-0.15, -0.1) is 0 Å². The Balaban J connectivity index is 1.89. The van der Waals surface area contributed by atoms with Gasteiger partial charge in [-0.05, 0) is 25.8 Å². The van der Waals surface area contributed by atoms with Gasteiger partial charge in [0.05, 0.1) is 18.6 Å². The number of hydrogen-bond acceptors (Lipinski definition) is 5. The monoisotopic (exact) mass is 308 g/mol. The Hall–Kier alpha value is -1.66. The summed E-state index contributed by atoms with van der Waals surface area (Å²) < 4.78 is 16.1. The lowest BCUT2D eigenvalue weighted by Gasteiger charge is -2.28. The van der Waals surface area contributed by atoms with E-state index in [1.807, 2.05) is 19.1 Å². The van der Waals surface area contributed by atoms with Crippen molar-refractivity contribution in [3.63, 3.8) is 0 Å². The third-order valence-electron chi connectivity index (χ3n) is 3.77. The molecule has 1 saturated heterocycles. The Morgan fingerprint density at radius 2 is 2.36 bits per heavy atom. The molecule has 2 rings (SSSR count). The van der Waals surface area contributed by atoms with E-state index in [1.165, 1.54) is 0 Å². The standard InChI is InChI=1S/C16H24N2O4/c1-12-14(6-4-8-21-12)15(19)18-11-13-5-3-7-17-16(13)22-10-9-20-2/h3,5,7,12,14H,4,6,8-11H2,1-2H3,(H,18,19)/t12-,14+/m1/s1. The molecule has 1 fully saturated rings. The first-order valence-electron chi connectivity index (χ1n) is 7.67. The van der Waals surface area contributed by atoms with E-state index >= 15 is 0 Å². The average molecular weight is 308 g/mol. The van der Waals surface area contributed by atoms with Crippen molar-refractivity contribution in [2.45, 2.75) is 32.4 Å². The van der Waals surface area contributed by atoms with E-state index in [0.29, 0.717) is 25.6 Å². The highest BCUT2D eigenvalue weighted by molar-refractivity contribution is 5.79. The molecule has 0 aromatic carbocycles. The molecule has 0 aliphatic carbocycles. The van der Waals surface area contributed by atoms with Crippen molar-refractivity contribution in [3.8, 4) is 5.88 Å². The summed E-state index contributed by atoms with van der Waals surface area (Å²) in [5, 5.41) is 2.96. The minimum atomic E-state index is -0.0803. The molecule has 1 aliphatic heterocycles. The SMILES string of the molecule is COCCOc1ncccc1CNC(=O)[C@H]1CCCO[C@@H]1C. The van der Waals surface area contributed by atoms with Gasteiger partial charge in [-0.1, -0.05) is 6.07 Å². The summed E-state index contributed by atoms with van der Waals surface area (Å²) in [4.78, 5) is 16.5. The van der Waals surface area contributed by atoms with Crippen LogP contribution in [0.25, 0.3) is 0 Å². The zero-order valence-corrected chi connectivity index (χ0v) is 13.2. The van der Waals surface area contributed by atoms with E-state index in [4.69, 9.17) is 14.2 Å². The normalized spacial score (nSPS) is 21.4. The molecule has 2 heterocycles. The molecule has 1 N–H and O–H groups in total. The van der Waals surface area contributed by atoms with Crippen molar-refractivity contribution < 1.29 is 19.0 Å². The van der Waals surface area contributed by atoms with Crippen molar-refractivity contribution in [1.29, 1.82) is 0 Å². The summed E-state index contributed by atoms with van der Waals surface area (Å²) in [6.45, 7) is 4.03. The summed E-state index contributed by atoms with van der Waals surface area (Å²) in [6, 6.07) is 3.73. The van der Waals surface area contributed by atoms with Gasteiger partial charge in [0.25, 0.3) is 0 Å². The molecule has 0 radical (unpaired) electrons. The number of hydrogen-bond donors (Lipinski definition) is 1. The maximum atomic E-state index is 12.3. The van der Waals surface area contributed by atoms with Gasteiger partial charge >= 0.3 is 0 Å². The van der Waals surface area contributed by atoms with Crippen molar-refractivity contribution in [2.24, 2.45) is 5.92 Å². The van der Waals surface area contributed by atoms with Gasteiger partial charge in [0.15, 0.2) is 0 Å². The Kier molecular flexibility index (Phi) is 6.61. The molecule has 0 saturated carbocycles. The fourth-order valence-electron chi connectivity index (χ4n) is 2.49. The first-order chi connectivity index (χ1) is 10.7. The lowest BCUT2D eigenvalue weighted by Crippen LogP contribution is -2.40. The largest absolute Gasteiger partial charge is 0.475 e. The van der Waals surface area contributed by atoms with Gasteiger partial charge in [0.1, 0.15) is 6.61 Å². The maximum absolute atomic E-state index is 12.3. The third kappa shape index (κ3) is 4.68. The number of nitrogens with zero attached hydrogens (tertiary/aromatic N) is 1.